The molecule has 1 amide bonds. The summed E-state index contributed by atoms with van der Waals surface area (Å²) < 4.78 is 26.2. The Labute approximate surface area is 210 Å². The maximum Gasteiger partial charge on any atom is 0.510 e. The minimum absolute atomic E-state index is 0.184. The highest BCUT2D eigenvalue weighted by atomic mass is 32.2. The summed E-state index contributed by atoms with van der Waals surface area (Å²) in [4.78, 5) is 39.3. The normalized spacial score (nSPS) is 17.2. The first-order chi connectivity index (χ1) is 16.8. The van der Waals surface area contributed by atoms with Gasteiger partial charge in [-0.2, -0.15) is 11.8 Å². The van der Waals surface area contributed by atoms with E-state index in [1.54, 1.807) is 52.8 Å². The minimum Gasteiger partial charge on any atom is -0.497 e. The van der Waals surface area contributed by atoms with Crippen molar-refractivity contribution in [1.29, 1.82) is 0 Å². The zero-order chi connectivity index (χ0) is 25.8. The van der Waals surface area contributed by atoms with Crippen LogP contribution in [-0.4, -0.2) is 86.7 Å². The van der Waals surface area contributed by atoms with Crippen LogP contribution >= 0.6 is 11.8 Å². The maximum absolute atomic E-state index is 13.3. The fraction of sp³-hybridized carbons (Fsp3) is 0.625. The predicted molar refractivity (Wildman–Crippen MR) is 132 cm³/mol. The highest BCUT2D eigenvalue weighted by molar-refractivity contribution is 7.99. The molecule has 35 heavy (non-hydrogen) atoms. The number of hydrogen-bond donors (Lipinski definition) is 1. The van der Waals surface area contributed by atoms with Gasteiger partial charge in [0.1, 0.15) is 17.5 Å². The molecular formula is C24H36N2O8S. The number of nitrogens with one attached hydrogen (secondary N) is 1. The molecule has 0 aliphatic carbocycles. The Bertz CT molecular complexity index is 853. The third-order valence-corrected chi connectivity index (χ3v) is 6.44. The van der Waals surface area contributed by atoms with E-state index in [1.165, 1.54) is 4.90 Å². The van der Waals surface area contributed by atoms with Crippen LogP contribution in [0.5, 0.6) is 11.5 Å². The van der Waals surface area contributed by atoms with Crippen molar-refractivity contribution in [3.05, 3.63) is 23.8 Å². The predicted octanol–water partition coefficient (Wildman–Crippen LogP) is 2.62. The number of hydrogen-bond acceptors (Lipinski definition) is 10. The molecule has 0 aromatic heterocycles. The lowest BCUT2D eigenvalue weighted by Gasteiger charge is -2.36. The number of benzene rings is 1. The van der Waals surface area contributed by atoms with Crippen LogP contribution in [0.15, 0.2) is 18.2 Å². The van der Waals surface area contributed by atoms with Crippen LogP contribution in [0.4, 0.5) is 4.79 Å². The molecule has 1 aromatic rings. The molecule has 196 valence electrons. The Morgan fingerprint density at radius 2 is 1.89 bits per heavy atom. The van der Waals surface area contributed by atoms with Gasteiger partial charge in [0, 0.05) is 12.3 Å². The molecule has 1 aliphatic heterocycles. The van der Waals surface area contributed by atoms with Gasteiger partial charge in [-0.05, 0) is 57.4 Å². The first-order valence-corrected chi connectivity index (χ1v) is 12.8. The van der Waals surface area contributed by atoms with Gasteiger partial charge in [-0.15, -0.1) is 0 Å². The number of carbonyl (C=O) groups is 3. The van der Waals surface area contributed by atoms with Gasteiger partial charge in [0.25, 0.3) is 0 Å². The Morgan fingerprint density at radius 1 is 1.14 bits per heavy atom. The first kappa shape index (κ1) is 28.6. The standard InChI is InChI=1S/C24H36N2O8S/c1-6-32-23(28)19(10-8-17-14-18(30-4)9-11-20(17)31-5)25-16(3)22(27)26-12-13-35-15-21(26)34-24(29)33-7-2/h9,11,14,16,19,21,25H,6-8,10,12-13,15H2,1-5H3/t16-,19?,21?/m0/s1. The molecular weight excluding hydrogens is 476 g/mol. The van der Waals surface area contributed by atoms with Gasteiger partial charge in [0.15, 0.2) is 6.23 Å². The van der Waals surface area contributed by atoms with E-state index in [9.17, 15) is 14.4 Å². The number of aryl methyl sites for hydroxylation is 1. The van der Waals surface area contributed by atoms with Gasteiger partial charge >= 0.3 is 12.1 Å². The second-order valence-electron chi connectivity index (χ2n) is 7.77. The van der Waals surface area contributed by atoms with Crippen molar-refractivity contribution in [3.8, 4) is 11.5 Å². The summed E-state index contributed by atoms with van der Waals surface area (Å²) in [5, 5.41) is 3.12. The zero-order valence-electron chi connectivity index (χ0n) is 21.0. The quantitative estimate of drug-likeness (QED) is 0.419. The number of amides is 1. The van der Waals surface area contributed by atoms with Crippen LogP contribution in [0, 0.1) is 0 Å². The van der Waals surface area contributed by atoms with Crippen LogP contribution in [0.3, 0.4) is 0 Å². The Kier molecular flexibility index (Phi) is 12.0. The van der Waals surface area contributed by atoms with Gasteiger partial charge in [0.2, 0.25) is 5.91 Å². The van der Waals surface area contributed by atoms with E-state index in [0.717, 1.165) is 11.3 Å². The molecule has 11 heteroatoms. The van der Waals surface area contributed by atoms with Gasteiger partial charge < -0.3 is 28.6 Å². The number of rotatable bonds is 12. The Hall–Kier alpha value is -2.66. The lowest BCUT2D eigenvalue weighted by molar-refractivity contribution is -0.147. The van der Waals surface area contributed by atoms with Gasteiger partial charge in [-0.3, -0.25) is 14.9 Å². The van der Waals surface area contributed by atoms with Gasteiger partial charge in [0.05, 0.1) is 39.2 Å². The van der Waals surface area contributed by atoms with E-state index in [2.05, 4.69) is 5.32 Å². The first-order valence-electron chi connectivity index (χ1n) is 11.7. The molecule has 0 bridgehead atoms. The largest absolute Gasteiger partial charge is 0.510 e. The average molecular weight is 513 g/mol. The molecule has 1 N–H and O–H groups in total. The third kappa shape index (κ3) is 8.50. The molecule has 3 atom stereocenters. The highest BCUT2D eigenvalue weighted by Crippen LogP contribution is 2.26. The van der Waals surface area contributed by atoms with E-state index in [-0.39, 0.29) is 19.1 Å². The second kappa shape index (κ2) is 14.7. The molecule has 0 radical (unpaired) electrons. The van der Waals surface area contributed by atoms with Gasteiger partial charge in [-0.1, -0.05) is 0 Å². The summed E-state index contributed by atoms with van der Waals surface area (Å²) in [5.41, 5.74) is 0.873. The molecule has 1 fully saturated rings. The summed E-state index contributed by atoms with van der Waals surface area (Å²) in [7, 11) is 3.17. The third-order valence-electron chi connectivity index (χ3n) is 5.44. The number of nitrogens with zero attached hydrogens (tertiary/aromatic N) is 1. The zero-order valence-corrected chi connectivity index (χ0v) is 21.9. The number of esters is 1. The maximum atomic E-state index is 13.3. The number of methoxy groups -OCH3 is 2. The highest BCUT2D eigenvalue weighted by Gasteiger charge is 2.34. The van der Waals surface area contributed by atoms with Crippen molar-refractivity contribution in [2.75, 3.05) is 45.5 Å². The number of thioether (sulfide) groups is 1. The van der Waals surface area contributed by atoms with Crippen LogP contribution in [0.1, 0.15) is 32.8 Å². The summed E-state index contributed by atoms with van der Waals surface area (Å²) in [5.74, 6) is 1.82. The van der Waals surface area contributed by atoms with Crippen molar-refractivity contribution in [1.82, 2.24) is 10.2 Å². The summed E-state index contributed by atoms with van der Waals surface area (Å²) >= 11 is 1.59. The van der Waals surface area contributed by atoms with Crippen molar-refractivity contribution < 1.29 is 38.1 Å². The fourth-order valence-corrected chi connectivity index (χ4v) is 4.65. The lowest BCUT2D eigenvalue weighted by Crippen LogP contribution is -2.56. The SMILES string of the molecule is CCOC(=O)OC1CSCCN1C(=O)[C@H](C)NC(CCc1cc(OC)ccc1OC)C(=O)OCC. The monoisotopic (exact) mass is 512 g/mol. The molecule has 2 rings (SSSR count). The van der Waals surface area contributed by atoms with Crippen LogP contribution in [-0.2, 0) is 30.2 Å². The van der Waals surface area contributed by atoms with Crippen molar-refractivity contribution >= 4 is 29.8 Å². The molecule has 1 saturated heterocycles. The van der Waals surface area contributed by atoms with E-state index >= 15 is 0 Å². The molecule has 1 aromatic carbocycles. The summed E-state index contributed by atoms with van der Waals surface area (Å²) in [6, 6.07) is 4.03. The van der Waals surface area contributed by atoms with E-state index < -0.39 is 30.4 Å². The Morgan fingerprint density at radius 3 is 2.54 bits per heavy atom. The van der Waals surface area contributed by atoms with Crippen LogP contribution in [0.2, 0.25) is 0 Å². The van der Waals surface area contributed by atoms with E-state index in [0.29, 0.717) is 36.6 Å². The second-order valence-corrected chi connectivity index (χ2v) is 8.92. The molecule has 1 heterocycles. The van der Waals surface area contributed by atoms with Gasteiger partial charge in [-0.25, -0.2) is 4.79 Å². The minimum atomic E-state index is -0.810. The van der Waals surface area contributed by atoms with Crippen molar-refractivity contribution in [3.63, 3.8) is 0 Å². The van der Waals surface area contributed by atoms with Crippen LogP contribution < -0.4 is 14.8 Å². The van der Waals surface area contributed by atoms with Crippen molar-refractivity contribution in [2.45, 2.75) is 51.9 Å². The van der Waals surface area contributed by atoms with Crippen LogP contribution in [0.25, 0.3) is 0 Å². The molecule has 10 nitrogen and oxygen atoms in total. The molecule has 2 unspecified atom stereocenters. The van der Waals surface area contributed by atoms with E-state index in [4.69, 9.17) is 23.7 Å². The number of ether oxygens (including phenoxy) is 5. The van der Waals surface area contributed by atoms with Crippen molar-refractivity contribution in [2.24, 2.45) is 0 Å². The summed E-state index contributed by atoms with van der Waals surface area (Å²) in [6.07, 6.45) is -0.674. The Balaban J connectivity index is 2.11. The lowest BCUT2D eigenvalue weighted by atomic mass is 10.0. The summed E-state index contributed by atoms with van der Waals surface area (Å²) in [6.45, 7) is 5.93. The van der Waals surface area contributed by atoms with E-state index in [1.807, 2.05) is 12.1 Å². The fourth-order valence-electron chi connectivity index (χ4n) is 3.70. The molecule has 0 saturated carbocycles. The molecule has 0 spiro atoms. The average Bonchev–Trinajstić information content (AvgIpc) is 2.86. The smallest absolute Gasteiger partial charge is 0.497 e. The molecule has 1 aliphatic rings. The number of carbonyl (C=O) groups excluding carboxylic acids is 3. The topological polar surface area (TPSA) is 113 Å².